The van der Waals surface area contributed by atoms with Crippen molar-refractivity contribution in [3.63, 3.8) is 0 Å². The van der Waals surface area contributed by atoms with Crippen molar-refractivity contribution < 1.29 is 18.3 Å². The maximum atomic E-state index is 13.6. The zero-order valence-electron chi connectivity index (χ0n) is 12.1. The summed E-state index contributed by atoms with van der Waals surface area (Å²) < 4.78 is 32.9. The monoisotopic (exact) mass is 401 g/mol. The predicted molar refractivity (Wildman–Crippen MR) is 87.9 cm³/mol. The van der Waals surface area contributed by atoms with Crippen LogP contribution in [0.3, 0.4) is 0 Å². The molecule has 122 valence electrons. The molecule has 0 spiro atoms. The van der Waals surface area contributed by atoms with Gasteiger partial charge in [0, 0.05) is 36.5 Å². The molecular weight excluding hydrogens is 388 g/mol. The minimum Gasteiger partial charge on any atom is -0.487 e. The van der Waals surface area contributed by atoms with E-state index < -0.39 is 11.6 Å². The Labute approximate surface area is 145 Å². The highest BCUT2D eigenvalue weighted by atomic mass is 79.9. The zero-order chi connectivity index (χ0) is 16.4. The summed E-state index contributed by atoms with van der Waals surface area (Å²) in [5.74, 6) is -1.28. The van der Waals surface area contributed by atoms with Crippen molar-refractivity contribution in [2.75, 3.05) is 13.1 Å². The lowest BCUT2D eigenvalue weighted by Gasteiger charge is -2.32. The van der Waals surface area contributed by atoms with Crippen LogP contribution in [0.4, 0.5) is 8.78 Å². The summed E-state index contributed by atoms with van der Waals surface area (Å²) >= 11 is 4.77. The number of benzene rings is 1. The number of carbonyl (C=O) groups is 1. The Hall–Kier alpha value is -1.47. The lowest BCUT2D eigenvalue weighted by molar-refractivity contribution is 0.0592. The first-order chi connectivity index (χ1) is 11.0. The van der Waals surface area contributed by atoms with E-state index in [4.69, 9.17) is 4.74 Å². The molecule has 0 saturated carbocycles. The van der Waals surface area contributed by atoms with Crippen LogP contribution in [0.2, 0.25) is 0 Å². The first-order valence-corrected chi connectivity index (χ1v) is 8.86. The van der Waals surface area contributed by atoms with Crippen molar-refractivity contribution in [2.45, 2.75) is 18.9 Å². The van der Waals surface area contributed by atoms with Crippen LogP contribution in [0, 0.1) is 11.6 Å². The van der Waals surface area contributed by atoms with Gasteiger partial charge in [-0.15, -0.1) is 11.3 Å². The summed E-state index contributed by atoms with van der Waals surface area (Å²) in [5, 5.41) is 1.87. The number of rotatable bonds is 3. The fourth-order valence-electron chi connectivity index (χ4n) is 2.52. The van der Waals surface area contributed by atoms with E-state index in [0.717, 1.165) is 10.5 Å². The molecule has 3 rings (SSSR count). The third-order valence-electron chi connectivity index (χ3n) is 3.73. The highest BCUT2D eigenvalue weighted by molar-refractivity contribution is 9.10. The Balaban J connectivity index is 1.58. The van der Waals surface area contributed by atoms with Crippen LogP contribution in [0.5, 0.6) is 5.75 Å². The molecule has 2 aromatic rings. The average Bonchev–Trinajstić information content (AvgIpc) is 2.96. The molecule has 1 aromatic carbocycles. The summed E-state index contributed by atoms with van der Waals surface area (Å²) in [7, 11) is 0. The molecule has 1 aromatic heterocycles. The van der Waals surface area contributed by atoms with Gasteiger partial charge in [0.1, 0.15) is 16.8 Å². The minimum atomic E-state index is -0.703. The number of halogens is 3. The Bertz CT molecular complexity index is 714. The smallest absolute Gasteiger partial charge is 0.265 e. The molecule has 0 radical (unpaired) electrons. The maximum Gasteiger partial charge on any atom is 0.265 e. The maximum absolute atomic E-state index is 13.6. The van der Waals surface area contributed by atoms with Gasteiger partial charge in [-0.1, -0.05) is 0 Å². The van der Waals surface area contributed by atoms with Gasteiger partial charge in [0.15, 0.2) is 11.6 Å². The van der Waals surface area contributed by atoms with Crippen LogP contribution in [-0.4, -0.2) is 30.0 Å². The quantitative estimate of drug-likeness (QED) is 0.758. The van der Waals surface area contributed by atoms with E-state index >= 15 is 0 Å². The fourth-order valence-corrected chi connectivity index (χ4v) is 4.02. The first kappa shape index (κ1) is 16.4. The van der Waals surface area contributed by atoms with Crippen LogP contribution >= 0.6 is 27.3 Å². The van der Waals surface area contributed by atoms with E-state index in [9.17, 15) is 13.6 Å². The summed E-state index contributed by atoms with van der Waals surface area (Å²) in [6, 6.07) is 5.13. The van der Waals surface area contributed by atoms with Gasteiger partial charge in [-0.2, -0.15) is 0 Å². The third-order valence-corrected chi connectivity index (χ3v) is 5.55. The average molecular weight is 402 g/mol. The first-order valence-electron chi connectivity index (χ1n) is 7.18. The second-order valence-corrected chi connectivity index (χ2v) is 7.05. The highest BCUT2D eigenvalue weighted by Gasteiger charge is 2.26. The van der Waals surface area contributed by atoms with Crippen molar-refractivity contribution in [2.24, 2.45) is 0 Å². The lowest BCUT2D eigenvalue weighted by atomic mass is 10.1. The van der Waals surface area contributed by atoms with Gasteiger partial charge in [-0.25, -0.2) is 8.78 Å². The number of nitrogens with zero attached hydrogens (tertiary/aromatic N) is 1. The Kier molecular flexibility index (Phi) is 4.96. The number of piperidine rings is 1. The van der Waals surface area contributed by atoms with Crippen molar-refractivity contribution in [1.29, 1.82) is 0 Å². The number of likely N-dealkylation sites (tertiary alicyclic amines) is 1. The van der Waals surface area contributed by atoms with Gasteiger partial charge in [0.25, 0.3) is 5.91 Å². The van der Waals surface area contributed by atoms with Gasteiger partial charge in [-0.05, 0) is 39.5 Å². The van der Waals surface area contributed by atoms with Gasteiger partial charge >= 0.3 is 0 Å². The Morgan fingerprint density at radius 2 is 2.00 bits per heavy atom. The SMILES string of the molecule is O=C(c1sccc1Br)N1CCC(Oc2ccc(F)cc2F)CC1. The summed E-state index contributed by atoms with van der Waals surface area (Å²) in [5.41, 5.74) is 0. The zero-order valence-corrected chi connectivity index (χ0v) is 14.5. The second-order valence-electron chi connectivity index (χ2n) is 5.28. The summed E-state index contributed by atoms with van der Waals surface area (Å²) in [6.07, 6.45) is 1.06. The number of thiophene rings is 1. The molecule has 0 N–H and O–H groups in total. The van der Waals surface area contributed by atoms with Crippen molar-refractivity contribution in [1.82, 2.24) is 4.90 Å². The largest absolute Gasteiger partial charge is 0.487 e. The van der Waals surface area contributed by atoms with Crippen molar-refractivity contribution in [3.05, 3.63) is 50.6 Å². The van der Waals surface area contributed by atoms with Crippen LogP contribution in [0.1, 0.15) is 22.5 Å². The van der Waals surface area contributed by atoms with Gasteiger partial charge in [-0.3, -0.25) is 4.79 Å². The molecule has 23 heavy (non-hydrogen) atoms. The van der Waals surface area contributed by atoms with E-state index in [1.807, 2.05) is 11.4 Å². The van der Waals surface area contributed by atoms with Crippen molar-refractivity contribution >= 4 is 33.2 Å². The van der Waals surface area contributed by atoms with Crippen LogP contribution in [0.25, 0.3) is 0 Å². The van der Waals surface area contributed by atoms with Crippen LogP contribution in [-0.2, 0) is 0 Å². The van der Waals surface area contributed by atoms with E-state index in [2.05, 4.69) is 15.9 Å². The molecule has 0 unspecified atom stereocenters. The fraction of sp³-hybridized carbons (Fsp3) is 0.312. The topological polar surface area (TPSA) is 29.5 Å². The van der Waals surface area contributed by atoms with Gasteiger partial charge < -0.3 is 9.64 Å². The molecule has 0 atom stereocenters. The molecule has 1 fully saturated rings. The second kappa shape index (κ2) is 6.97. The Morgan fingerprint density at radius 3 is 2.61 bits per heavy atom. The molecule has 1 saturated heterocycles. The normalized spacial score (nSPS) is 15.7. The standard InChI is InChI=1S/C16H14BrF2NO2S/c17-12-5-8-23-15(12)16(21)20-6-3-11(4-7-20)22-14-2-1-10(18)9-13(14)19/h1-2,5,8-9,11H,3-4,6-7H2. The molecule has 0 aliphatic carbocycles. The van der Waals surface area contributed by atoms with E-state index in [1.54, 1.807) is 4.90 Å². The third kappa shape index (κ3) is 3.72. The Morgan fingerprint density at radius 1 is 1.26 bits per heavy atom. The molecule has 1 aliphatic rings. The van der Waals surface area contributed by atoms with Gasteiger partial charge in [0.05, 0.1) is 0 Å². The van der Waals surface area contributed by atoms with E-state index in [0.29, 0.717) is 30.8 Å². The number of amides is 1. The number of hydrogen-bond acceptors (Lipinski definition) is 3. The molecule has 0 bridgehead atoms. The summed E-state index contributed by atoms with van der Waals surface area (Å²) in [6.45, 7) is 1.10. The number of carbonyl (C=O) groups excluding carboxylic acids is 1. The van der Waals surface area contributed by atoms with Gasteiger partial charge in [0.2, 0.25) is 0 Å². The van der Waals surface area contributed by atoms with Crippen LogP contribution in [0.15, 0.2) is 34.1 Å². The van der Waals surface area contributed by atoms with E-state index in [-0.39, 0.29) is 17.8 Å². The molecule has 7 heteroatoms. The minimum absolute atomic E-state index is 0.00159. The summed E-state index contributed by atoms with van der Waals surface area (Å²) in [4.78, 5) is 14.9. The number of ether oxygens (including phenoxy) is 1. The molecule has 3 nitrogen and oxygen atoms in total. The van der Waals surface area contributed by atoms with E-state index in [1.165, 1.54) is 23.5 Å². The molecule has 1 aliphatic heterocycles. The predicted octanol–water partition coefficient (Wildman–Crippen LogP) is 4.47. The number of hydrogen-bond donors (Lipinski definition) is 0. The molecule has 1 amide bonds. The highest BCUT2D eigenvalue weighted by Crippen LogP contribution is 2.27. The molecular formula is C16H14BrF2NO2S. The molecule has 2 heterocycles. The van der Waals surface area contributed by atoms with Crippen LogP contribution < -0.4 is 4.74 Å². The lowest BCUT2D eigenvalue weighted by Crippen LogP contribution is -2.41. The van der Waals surface area contributed by atoms with Crippen molar-refractivity contribution in [3.8, 4) is 5.75 Å².